The average Bonchev–Trinajstić information content (AvgIpc) is 3.02. The summed E-state index contributed by atoms with van der Waals surface area (Å²) >= 11 is 0. The summed E-state index contributed by atoms with van der Waals surface area (Å²) in [5, 5.41) is 2.93. The van der Waals surface area contributed by atoms with Crippen molar-refractivity contribution in [3.8, 4) is 0 Å². The molecule has 2 aliphatic rings. The topological polar surface area (TPSA) is 68.3 Å². The number of nitrogens with two attached hydrogens (primary N) is 1. The van der Waals surface area contributed by atoms with Crippen LogP contribution >= 0.6 is 0 Å². The molecule has 17 heavy (non-hydrogen) atoms. The van der Waals surface area contributed by atoms with Crippen molar-refractivity contribution in [2.75, 3.05) is 0 Å². The van der Waals surface area contributed by atoms with Gasteiger partial charge in [-0.2, -0.15) is 0 Å². The van der Waals surface area contributed by atoms with Gasteiger partial charge in [-0.3, -0.25) is 4.79 Å². The Balaban J connectivity index is 1.59. The number of fused-ring (bicyclic) bond motifs is 2. The van der Waals surface area contributed by atoms with Crippen LogP contribution in [0.25, 0.3) is 0 Å². The van der Waals surface area contributed by atoms with Crippen molar-refractivity contribution >= 4 is 5.91 Å². The molecule has 3 rings (SSSR count). The van der Waals surface area contributed by atoms with Gasteiger partial charge >= 0.3 is 0 Å². The molecule has 2 bridgehead atoms. The Labute approximate surface area is 101 Å². The second-order valence-corrected chi connectivity index (χ2v) is 5.23. The number of carbonyl (C=O) groups excluding carboxylic acids is 1. The van der Waals surface area contributed by atoms with Gasteiger partial charge in [0.05, 0.1) is 18.7 Å². The molecule has 0 aromatic carbocycles. The van der Waals surface area contributed by atoms with E-state index >= 15 is 0 Å². The Bertz CT molecular complexity index is 400. The Morgan fingerprint density at radius 3 is 2.94 bits per heavy atom. The number of hydrogen-bond acceptors (Lipinski definition) is 3. The highest BCUT2D eigenvalue weighted by Gasteiger charge is 2.48. The molecule has 3 N–H and O–H groups in total. The fourth-order valence-corrected chi connectivity index (χ4v) is 3.43. The lowest BCUT2D eigenvalue weighted by Crippen LogP contribution is -2.45. The van der Waals surface area contributed by atoms with Crippen LogP contribution in [0.3, 0.4) is 0 Å². The molecule has 0 aliphatic heterocycles. The molecule has 0 saturated heterocycles. The van der Waals surface area contributed by atoms with Gasteiger partial charge in [0.25, 0.3) is 0 Å². The van der Waals surface area contributed by atoms with E-state index in [9.17, 15) is 4.79 Å². The van der Waals surface area contributed by atoms with Crippen molar-refractivity contribution in [1.82, 2.24) is 5.32 Å². The third-order valence-electron chi connectivity index (χ3n) is 4.30. The Morgan fingerprint density at radius 2 is 2.29 bits per heavy atom. The van der Waals surface area contributed by atoms with Crippen molar-refractivity contribution in [3.05, 3.63) is 24.2 Å². The van der Waals surface area contributed by atoms with Gasteiger partial charge in [0.1, 0.15) is 5.76 Å². The fourth-order valence-electron chi connectivity index (χ4n) is 3.43. The van der Waals surface area contributed by atoms with Crippen molar-refractivity contribution in [1.29, 1.82) is 0 Å². The molecule has 4 heteroatoms. The van der Waals surface area contributed by atoms with Crippen LogP contribution in [0.1, 0.15) is 25.0 Å². The maximum atomic E-state index is 12.1. The Kier molecular flexibility index (Phi) is 2.67. The number of amides is 1. The fraction of sp³-hybridized carbons (Fsp3) is 0.615. The molecule has 1 heterocycles. The molecule has 4 unspecified atom stereocenters. The predicted octanol–water partition coefficient (Wildman–Crippen LogP) is 1.27. The summed E-state index contributed by atoms with van der Waals surface area (Å²) in [5.41, 5.74) is 6.13. The van der Waals surface area contributed by atoms with E-state index in [0.29, 0.717) is 18.4 Å². The number of hydrogen-bond donors (Lipinski definition) is 2. The number of carbonyl (C=O) groups is 1. The third kappa shape index (κ3) is 1.86. The normalized spacial score (nSPS) is 35.1. The van der Waals surface area contributed by atoms with E-state index in [4.69, 9.17) is 10.2 Å². The minimum absolute atomic E-state index is 0.0173. The van der Waals surface area contributed by atoms with Crippen molar-refractivity contribution in [2.24, 2.45) is 23.5 Å². The molecule has 92 valence electrons. The molecule has 1 amide bonds. The molecule has 2 fully saturated rings. The summed E-state index contributed by atoms with van der Waals surface area (Å²) in [4.78, 5) is 12.1. The van der Waals surface area contributed by atoms with Gasteiger partial charge in [0, 0.05) is 6.04 Å². The molecule has 4 nitrogen and oxygen atoms in total. The van der Waals surface area contributed by atoms with Crippen LogP contribution in [0.2, 0.25) is 0 Å². The van der Waals surface area contributed by atoms with Crippen LogP contribution < -0.4 is 11.1 Å². The standard InChI is InChI=1S/C13H18N2O2/c14-12-9-4-3-8(6-9)11(12)13(16)15-7-10-2-1-5-17-10/h1-2,5,8-9,11-12H,3-4,6-7,14H2,(H,15,16). The van der Waals surface area contributed by atoms with E-state index < -0.39 is 0 Å². The van der Waals surface area contributed by atoms with Gasteiger partial charge in [0.15, 0.2) is 0 Å². The van der Waals surface area contributed by atoms with E-state index in [1.807, 2.05) is 12.1 Å². The van der Waals surface area contributed by atoms with E-state index in [0.717, 1.165) is 18.6 Å². The number of rotatable bonds is 3. The lowest BCUT2D eigenvalue weighted by Gasteiger charge is -2.26. The van der Waals surface area contributed by atoms with Crippen LogP contribution in [-0.2, 0) is 11.3 Å². The van der Waals surface area contributed by atoms with Gasteiger partial charge < -0.3 is 15.5 Å². The summed E-state index contributed by atoms with van der Waals surface area (Å²) in [5.74, 6) is 1.98. The van der Waals surface area contributed by atoms with E-state index in [-0.39, 0.29) is 17.9 Å². The highest BCUT2D eigenvalue weighted by atomic mass is 16.3. The first-order valence-electron chi connectivity index (χ1n) is 6.31. The molecule has 1 aromatic heterocycles. The van der Waals surface area contributed by atoms with E-state index in [1.54, 1.807) is 6.26 Å². The van der Waals surface area contributed by atoms with Crippen LogP contribution in [0.15, 0.2) is 22.8 Å². The van der Waals surface area contributed by atoms with Crippen LogP contribution in [0.4, 0.5) is 0 Å². The quantitative estimate of drug-likeness (QED) is 0.827. The van der Waals surface area contributed by atoms with Crippen LogP contribution in [-0.4, -0.2) is 11.9 Å². The second-order valence-electron chi connectivity index (χ2n) is 5.23. The SMILES string of the molecule is NC1C2CCC(C2)C1C(=O)NCc1ccco1. The highest BCUT2D eigenvalue weighted by molar-refractivity contribution is 5.80. The van der Waals surface area contributed by atoms with Crippen molar-refractivity contribution < 1.29 is 9.21 Å². The first kappa shape index (κ1) is 10.8. The van der Waals surface area contributed by atoms with Crippen molar-refractivity contribution in [2.45, 2.75) is 31.8 Å². The largest absolute Gasteiger partial charge is 0.467 e. The minimum Gasteiger partial charge on any atom is -0.467 e. The molecule has 2 aliphatic carbocycles. The molecule has 0 radical (unpaired) electrons. The molecule has 4 atom stereocenters. The Hall–Kier alpha value is -1.29. The molecule has 0 spiro atoms. The van der Waals surface area contributed by atoms with Crippen LogP contribution in [0.5, 0.6) is 0 Å². The first-order chi connectivity index (χ1) is 8.25. The smallest absolute Gasteiger partial charge is 0.225 e. The van der Waals surface area contributed by atoms with Gasteiger partial charge in [-0.05, 0) is 43.2 Å². The van der Waals surface area contributed by atoms with Gasteiger partial charge in [-0.1, -0.05) is 0 Å². The zero-order chi connectivity index (χ0) is 11.8. The predicted molar refractivity (Wildman–Crippen MR) is 62.9 cm³/mol. The van der Waals surface area contributed by atoms with Crippen LogP contribution in [0, 0.1) is 17.8 Å². The number of nitrogens with one attached hydrogen (secondary N) is 1. The molecular formula is C13H18N2O2. The third-order valence-corrected chi connectivity index (χ3v) is 4.30. The highest BCUT2D eigenvalue weighted by Crippen LogP contribution is 2.47. The molecule has 2 saturated carbocycles. The molecule has 1 aromatic rings. The lowest BCUT2D eigenvalue weighted by atomic mass is 9.84. The maximum absolute atomic E-state index is 12.1. The first-order valence-corrected chi connectivity index (χ1v) is 6.31. The Morgan fingerprint density at radius 1 is 1.47 bits per heavy atom. The monoisotopic (exact) mass is 234 g/mol. The van der Waals surface area contributed by atoms with Crippen molar-refractivity contribution in [3.63, 3.8) is 0 Å². The average molecular weight is 234 g/mol. The summed E-state index contributed by atoms with van der Waals surface area (Å²) < 4.78 is 5.19. The molecular weight excluding hydrogens is 216 g/mol. The van der Waals surface area contributed by atoms with E-state index in [2.05, 4.69) is 5.32 Å². The minimum atomic E-state index is 0.0173. The lowest BCUT2D eigenvalue weighted by molar-refractivity contribution is -0.127. The summed E-state index contributed by atoms with van der Waals surface area (Å²) in [6.07, 6.45) is 5.12. The van der Waals surface area contributed by atoms with Gasteiger partial charge in [-0.25, -0.2) is 0 Å². The summed E-state index contributed by atoms with van der Waals surface area (Å²) in [6.45, 7) is 0.465. The summed E-state index contributed by atoms with van der Waals surface area (Å²) in [6, 6.07) is 3.75. The van der Waals surface area contributed by atoms with Gasteiger partial charge in [0.2, 0.25) is 5.91 Å². The van der Waals surface area contributed by atoms with E-state index in [1.165, 1.54) is 6.42 Å². The maximum Gasteiger partial charge on any atom is 0.225 e. The second kappa shape index (κ2) is 4.18. The van der Waals surface area contributed by atoms with Gasteiger partial charge in [-0.15, -0.1) is 0 Å². The number of furan rings is 1. The summed E-state index contributed by atoms with van der Waals surface area (Å²) in [7, 11) is 0. The zero-order valence-electron chi connectivity index (χ0n) is 9.76. The zero-order valence-corrected chi connectivity index (χ0v) is 9.76.